The molecule has 0 aromatic carbocycles. The van der Waals surface area contributed by atoms with Gasteiger partial charge in [0.1, 0.15) is 17.9 Å². The largest absolute Gasteiger partial charge is 0.467 e. The van der Waals surface area contributed by atoms with Crippen LogP contribution < -0.4 is 10.2 Å². The molecule has 0 spiro atoms. The van der Waals surface area contributed by atoms with Gasteiger partial charge in [0.25, 0.3) is 0 Å². The number of nitrogens with one attached hydrogen (secondary N) is 1. The lowest BCUT2D eigenvalue weighted by Crippen LogP contribution is -2.70. The first-order valence-corrected chi connectivity index (χ1v) is 8.70. The minimum atomic E-state index is 0.0496. The molecule has 3 aliphatic heterocycles. The molecule has 1 amide bonds. The van der Waals surface area contributed by atoms with Crippen LogP contribution in [0.15, 0.2) is 29.1 Å². The van der Waals surface area contributed by atoms with Crippen molar-refractivity contribution >= 4 is 11.7 Å². The van der Waals surface area contributed by atoms with Crippen LogP contribution in [-0.2, 0) is 11.3 Å². The fourth-order valence-electron chi connectivity index (χ4n) is 3.78. The SMILES string of the molecule is Cc1ncnc(N2CC3CC(C2)N3CC(=O)NCc2ccco2)c1C. The molecule has 5 heterocycles. The highest BCUT2D eigenvalue weighted by Crippen LogP contribution is 2.34. The second-order valence-electron chi connectivity index (χ2n) is 6.88. The van der Waals surface area contributed by atoms with Gasteiger partial charge >= 0.3 is 0 Å². The van der Waals surface area contributed by atoms with Crippen LogP contribution in [0.3, 0.4) is 0 Å². The molecule has 2 bridgehead atoms. The van der Waals surface area contributed by atoms with Gasteiger partial charge in [-0.1, -0.05) is 0 Å². The average molecular weight is 341 g/mol. The number of anilines is 1. The van der Waals surface area contributed by atoms with Crippen molar-refractivity contribution in [3.8, 4) is 0 Å². The monoisotopic (exact) mass is 341 g/mol. The molecule has 7 heteroatoms. The number of aryl methyl sites for hydroxylation is 1. The lowest BCUT2D eigenvalue weighted by atomic mass is 9.87. The molecule has 0 aliphatic carbocycles. The summed E-state index contributed by atoms with van der Waals surface area (Å²) in [5.74, 6) is 1.86. The van der Waals surface area contributed by atoms with Gasteiger partial charge in [-0.2, -0.15) is 0 Å². The highest BCUT2D eigenvalue weighted by Gasteiger charge is 2.45. The number of piperidine rings is 1. The van der Waals surface area contributed by atoms with Crippen LogP contribution in [-0.4, -0.2) is 52.5 Å². The number of carbonyl (C=O) groups is 1. The molecule has 25 heavy (non-hydrogen) atoms. The minimum absolute atomic E-state index is 0.0496. The maximum absolute atomic E-state index is 12.2. The Kier molecular flexibility index (Phi) is 4.17. The Balaban J connectivity index is 1.32. The van der Waals surface area contributed by atoms with E-state index in [4.69, 9.17) is 4.42 Å². The summed E-state index contributed by atoms with van der Waals surface area (Å²) in [5, 5.41) is 2.92. The van der Waals surface area contributed by atoms with Crippen LogP contribution >= 0.6 is 0 Å². The van der Waals surface area contributed by atoms with Crippen LogP contribution in [0.4, 0.5) is 5.82 Å². The first-order valence-electron chi connectivity index (χ1n) is 8.70. The molecule has 2 aromatic rings. The van der Waals surface area contributed by atoms with Crippen molar-refractivity contribution in [2.24, 2.45) is 0 Å². The predicted molar refractivity (Wildman–Crippen MR) is 93.2 cm³/mol. The highest BCUT2D eigenvalue weighted by molar-refractivity contribution is 5.78. The number of aromatic nitrogens is 2. The lowest BCUT2D eigenvalue weighted by molar-refractivity contribution is -0.127. The van der Waals surface area contributed by atoms with Crippen LogP contribution in [0.5, 0.6) is 0 Å². The first kappa shape index (κ1) is 16.1. The van der Waals surface area contributed by atoms with E-state index in [1.54, 1.807) is 12.6 Å². The van der Waals surface area contributed by atoms with E-state index in [-0.39, 0.29) is 5.91 Å². The number of rotatable bonds is 5. The van der Waals surface area contributed by atoms with Gasteiger partial charge in [-0.15, -0.1) is 0 Å². The summed E-state index contributed by atoms with van der Waals surface area (Å²) in [6, 6.07) is 4.53. The van der Waals surface area contributed by atoms with Crippen LogP contribution in [0, 0.1) is 13.8 Å². The zero-order chi connectivity index (χ0) is 17.4. The van der Waals surface area contributed by atoms with Crippen LogP contribution in [0.25, 0.3) is 0 Å². The van der Waals surface area contributed by atoms with Crippen molar-refractivity contribution in [2.75, 3.05) is 24.5 Å². The van der Waals surface area contributed by atoms with Crippen molar-refractivity contribution in [1.29, 1.82) is 0 Å². The molecular weight excluding hydrogens is 318 g/mol. The molecule has 2 aromatic heterocycles. The molecule has 5 rings (SSSR count). The summed E-state index contributed by atoms with van der Waals surface area (Å²) in [6.45, 7) is 6.82. The van der Waals surface area contributed by atoms with Gasteiger partial charge < -0.3 is 14.6 Å². The van der Waals surface area contributed by atoms with E-state index in [1.807, 2.05) is 19.1 Å². The maximum Gasteiger partial charge on any atom is 0.234 e. The van der Waals surface area contributed by atoms with Crippen molar-refractivity contribution in [3.63, 3.8) is 0 Å². The Hall–Kier alpha value is -2.41. The van der Waals surface area contributed by atoms with Crippen molar-refractivity contribution in [1.82, 2.24) is 20.2 Å². The van der Waals surface area contributed by atoms with Gasteiger partial charge in [-0.05, 0) is 32.4 Å². The molecule has 7 nitrogen and oxygen atoms in total. The Morgan fingerprint density at radius 3 is 2.84 bits per heavy atom. The van der Waals surface area contributed by atoms with Crippen molar-refractivity contribution in [3.05, 3.63) is 41.7 Å². The highest BCUT2D eigenvalue weighted by atomic mass is 16.3. The number of piperazine rings is 1. The molecule has 2 unspecified atom stereocenters. The summed E-state index contributed by atoms with van der Waals surface area (Å²) in [7, 11) is 0. The van der Waals surface area contributed by atoms with Gasteiger partial charge in [0, 0.05) is 36.4 Å². The molecule has 2 atom stereocenters. The summed E-state index contributed by atoms with van der Waals surface area (Å²) in [4.78, 5) is 25.6. The topological polar surface area (TPSA) is 74.5 Å². The second-order valence-corrected chi connectivity index (χ2v) is 6.88. The minimum Gasteiger partial charge on any atom is -0.467 e. The number of amides is 1. The quantitative estimate of drug-likeness (QED) is 0.883. The predicted octanol–water partition coefficient (Wildman–Crippen LogP) is 1.27. The van der Waals surface area contributed by atoms with Crippen LogP contribution in [0.2, 0.25) is 0 Å². The lowest BCUT2D eigenvalue weighted by Gasteiger charge is -2.56. The number of hydrogen-bond acceptors (Lipinski definition) is 6. The Labute approximate surface area is 147 Å². The fourth-order valence-corrected chi connectivity index (χ4v) is 3.78. The molecule has 0 radical (unpaired) electrons. The van der Waals surface area contributed by atoms with E-state index >= 15 is 0 Å². The average Bonchev–Trinajstić information content (AvgIpc) is 3.14. The molecule has 1 N–H and O–H groups in total. The Morgan fingerprint density at radius 2 is 2.12 bits per heavy atom. The fraction of sp³-hybridized carbons (Fsp3) is 0.500. The second kappa shape index (κ2) is 6.48. The van der Waals surface area contributed by atoms with Crippen LogP contribution in [0.1, 0.15) is 23.4 Å². The van der Waals surface area contributed by atoms with Gasteiger partial charge in [-0.3, -0.25) is 9.69 Å². The zero-order valence-corrected chi connectivity index (χ0v) is 14.6. The smallest absolute Gasteiger partial charge is 0.234 e. The molecule has 132 valence electrons. The number of furan rings is 1. The number of nitrogens with zero attached hydrogens (tertiary/aromatic N) is 4. The zero-order valence-electron chi connectivity index (χ0n) is 14.6. The molecule has 3 aliphatic rings. The molecule has 3 fully saturated rings. The molecule has 0 saturated carbocycles. The molecular formula is C18H23N5O2. The van der Waals surface area contributed by atoms with E-state index in [9.17, 15) is 4.79 Å². The van der Waals surface area contributed by atoms with Crippen molar-refractivity contribution in [2.45, 2.75) is 38.9 Å². The number of fused-ring (bicyclic) bond motifs is 2. The third-order valence-corrected chi connectivity index (χ3v) is 5.32. The normalized spacial score (nSPS) is 22.6. The molecule has 3 saturated heterocycles. The number of carbonyl (C=O) groups excluding carboxylic acids is 1. The summed E-state index contributed by atoms with van der Waals surface area (Å²) in [5.41, 5.74) is 2.17. The van der Waals surface area contributed by atoms with Crippen molar-refractivity contribution < 1.29 is 9.21 Å². The summed E-state index contributed by atoms with van der Waals surface area (Å²) < 4.78 is 5.24. The van der Waals surface area contributed by atoms with Gasteiger partial charge in [0.15, 0.2) is 0 Å². The summed E-state index contributed by atoms with van der Waals surface area (Å²) in [6.07, 6.45) is 4.41. The Morgan fingerprint density at radius 1 is 1.32 bits per heavy atom. The van der Waals surface area contributed by atoms with E-state index in [2.05, 4.69) is 32.0 Å². The Bertz CT molecular complexity index is 749. The number of hydrogen-bond donors (Lipinski definition) is 1. The third-order valence-electron chi connectivity index (χ3n) is 5.32. The standard InChI is InChI=1S/C18H23N5O2/c1-12-13(2)20-11-21-18(12)22-8-14-6-15(9-22)23(14)10-17(24)19-7-16-4-3-5-25-16/h3-5,11,14-15H,6-10H2,1-2H3,(H,19,24). The third kappa shape index (κ3) is 3.11. The van der Waals surface area contributed by atoms with E-state index in [0.717, 1.165) is 42.3 Å². The van der Waals surface area contributed by atoms with E-state index in [0.29, 0.717) is 25.2 Å². The van der Waals surface area contributed by atoms with Gasteiger partial charge in [0.05, 0.1) is 19.4 Å². The van der Waals surface area contributed by atoms with E-state index < -0.39 is 0 Å². The van der Waals surface area contributed by atoms with Gasteiger partial charge in [0.2, 0.25) is 5.91 Å². The first-order chi connectivity index (χ1) is 12.1. The van der Waals surface area contributed by atoms with Gasteiger partial charge in [-0.25, -0.2) is 9.97 Å². The maximum atomic E-state index is 12.2. The van der Waals surface area contributed by atoms with E-state index in [1.165, 1.54) is 0 Å². The summed E-state index contributed by atoms with van der Waals surface area (Å²) >= 11 is 0.